The third kappa shape index (κ3) is 1.13. The maximum absolute atomic E-state index is 8.95. The third-order valence-electron chi connectivity index (χ3n) is 1.75. The number of fused-ring (bicyclic) bond motifs is 1. The number of hydrogen-bond acceptors (Lipinski definition) is 2. The molecule has 3 nitrogen and oxygen atoms in total. The lowest BCUT2D eigenvalue weighted by atomic mass is 10.2. The fraction of sp³-hybridized carbons (Fsp3) is 0.125. The molecular formula is C8H7BrN2O. The number of hydrogen-bond donors (Lipinski definition) is 2. The van der Waals surface area contributed by atoms with Crippen molar-refractivity contribution in [3.05, 3.63) is 28.5 Å². The largest absolute Gasteiger partial charge is 0.392 e. The Morgan fingerprint density at radius 1 is 1.58 bits per heavy atom. The Labute approximate surface area is 77.6 Å². The number of aliphatic hydroxyl groups excluding tert-OH is 1. The molecule has 0 spiro atoms. The van der Waals surface area contributed by atoms with Crippen LogP contribution in [0.4, 0.5) is 0 Å². The summed E-state index contributed by atoms with van der Waals surface area (Å²) in [6, 6.07) is 1.93. The first kappa shape index (κ1) is 7.76. The van der Waals surface area contributed by atoms with Crippen LogP contribution in [-0.2, 0) is 6.61 Å². The molecule has 0 radical (unpaired) electrons. The topological polar surface area (TPSA) is 48.9 Å². The lowest BCUT2D eigenvalue weighted by Gasteiger charge is -1.92. The van der Waals surface area contributed by atoms with E-state index in [0.717, 1.165) is 21.1 Å². The lowest BCUT2D eigenvalue weighted by molar-refractivity contribution is 0.283. The normalized spacial score (nSPS) is 10.8. The standard InChI is InChI=1S/C8H7BrN2O/c9-6-1-7-5(4-12)2-10-8(7)11-3-6/h1-3,12H,4H2,(H,10,11). The van der Waals surface area contributed by atoms with Crippen LogP contribution in [0.15, 0.2) is 22.9 Å². The van der Waals surface area contributed by atoms with Crippen molar-refractivity contribution in [3.63, 3.8) is 0 Å². The Balaban J connectivity index is 2.75. The predicted molar refractivity (Wildman–Crippen MR) is 49.7 cm³/mol. The van der Waals surface area contributed by atoms with Gasteiger partial charge in [0.1, 0.15) is 5.65 Å². The van der Waals surface area contributed by atoms with Crippen LogP contribution >= 0.6 is 15.9 Å². The molecule has 0 aromatic carbocycles. The predicted octanol–water partition coefficient (Wildman–Crippen LogP) is 1.82. The molecular weight excluding hydrogens is 220 g/mol. The Kier molecular flexibility index (Phi) is 1.86. The van der Waals surface area contributed by atoms with E-state index in [4.69, 9.17) is 5.11 Å². The van der Waals surface area contributed by atoms with E-state index in [1.165, 1.54) is 0 Å². The fourth-order valence-electron chi connectivity index (χ4n) is 1.16. The minimum atomic E-state index is 0.0398. The Hall–Kier alpha value is -0.870. The second-order valence-electron chi connectivity index (χ2n) is 2.52. The van der Waals surface area contributed by atoms with Crippen molar-refractivity contribution in [1.29, 1.82) is 0 Å². The van der Waals surface area contributed by atoms with Gasteiger partial charge in [-0.25, -0.2) is 4.98 Å². The number of aromatic amines is 1. The molecule has 0 fully saturated rings. The van der Waals surface area contributed by atoms with Crippen LogP contribution in [0.3, 0.4) is 0 Å². The van der Waals surface area contributed by atoms with Gasteiger partial charge >= 0.3 is 0 Å². The van der Waals surface area contributed by atoms with Gasteiger partial charge in [-0.3, -0.25) is 0 Å². The van der Waals surface area contributed by atoms with E-state index in [1.54, 1.807) is 12.4 Å². The van der Waals surface area contributed by atoms with E-state index < -0.39 is 0 Å². The zero-order chi connectivity index (χ0) is 8.55. The molecule has 0 aliphatic heterocycles. The van der Waals surface area contributed by atoms with Crippen molar-refractivity contribution in [2.75, 3.05) is 0 Å². The van der Waals surface area contributed by atoms with E-state index in [1.807, 2.05) is 6.07 Å². The number of halogens is 1. The highest BCUT2D eigenvalue weighted by molar-refractivity contribution is 9.10. The van der Waals surface area contributed by atoms with Crippen LogP contribution in [0.1, 0.15) is 5.56 Å². The number of rotatable bonds is 1. The van der Waals surface area contributed by atoms with Crippen LogP contribution in [0.2, 0.25) is 0 Å². The highest BCUT2D eigenvalue weighted by Gasteiger charge is 2.02. The summed E-state index contributed by atoms with van der Waals surface area (Å²) in [4.78, 5) is 7.11. The molecule has 4 heteroatoms. The Morgan fingerprint density at radius 3 is 3.17 bits per heavy atom. The minimum absolute atomic E-state index is 0.0398. The van der Waals surface area contributed by atoms with Crippen molar-refractivity contribution < 1.29 is 5.11 Å². The highest BCUT2D eigenvalue weighted by atomic mass is 79.9. The summed E-state index contributed by atoms with van der Waals surface area (Å²) in [6.45, 7) is 0.0398. The minimum Gasteiger partial charge on any atom is -0.392 e. The molecule has 0 bridgehead atoms. The van der Waals surface area contributed by atoms with Gasteiger partial charge in [0.15, 0.2) is 0 Å². The quantitative estimate of drug-likeness (QED) is 0.780. The average Bonchev–Trinajstić information content (AvgIpc) is 2.46. The molecule has 2 N–H and O–H groups in total. The average molecular weight is 227 g/mol. The van der Waals surface area contributed by atoms with Gasteiger partial charge in [-0.05, 0) is 22.0 Å². The molecule has 62 valence electrons. The first-order valence-electron chi connectivity index (χ1n) is 3.53. The van der Waals surface area contributed by atoms with Crippen LogP contribution in [0.5, 0.6) is 0 Å². The van der Waals surface area contributed by atoms with Gasteiger partial charge in [-0.15, -0.1) is 0 Å². The van der Waals surface area contributed by atoms with Crippen molar-refractivity contribution in [2.45, 2.75) is 6.61 Å². The van der Waals surface area contributed by atoms with Crippen LogP contribution in [0, 0.1) is 0 Å². The molecule has 2 aromatic heterocycles. The molecule has 0 amide bonds. The molecule has 0 atom stereocenters. The van der Waals surface area contributed by atoms with Gasteiger partial charge in [-0.1, -0.05) is 0 Å². The van der Waals surface area contributed by atoms with Gasteiger partial charge in [0.05, 0.1) is 6.61 Å². The van der Waals surface area contributed by atoms with E-state index in [9.17, 15) is 0 Å². The van der Waals surface area contributed by atoms with Crippen LogP contribution < -0.4 is 0 Å². The molecule has 0 saturated heterocycles. The highest BCUT2D eigenvalue weighted by Crippen LogP contribution is 2.20. The second kappa shape index (κ2) is 2.88. The summed E-state index contributed by atoms with van der Waals surface area (Å²) in [5.41, 5.74) is 1.68. The molecule has 0 aliphatic carbocycles. The van der Waals surface area contributed by atoms with Gasteiger partial charge in [0, 0.05) is 27.8 Å². The fourth-order valence-corrected chi connectivity index (χ4v) is 1.49. The maximum atomic E-state index is 8.95. The number of nitrogens with one attached hydrogen (secondary N) is 1. The molecule has 12 heavy (non-hydrogen) atoms. The number of aromatic nitrogens is 2. The van der Waals surface area contributed by atoms with E-state index in [2.05, 4.69) is 25.9 Å². The van der Waals surface area contributed by atoms with E-state index >= 15 is 0 Å². The van der Waals surface area contributed by atoms with Gasteiger partial charge < -0.3 is 10.1 Å². The molecule has 2 aromatic rings. The number of H-pyrrole nitrogens is 1. The first-order valence-corrected chi connectivity index (χ1v) is 4.33. The monoisotopic (exact) mass is 226 g/mol. The molecule has 0 unspecified atom stereocenters. The van der Waals surface area contributed by atoms with Crippen molar-refractivity contribution in [2.24, 2.45) is 0 Å². The van der Waals surface area contributed by atoms with Crippen LogP contribution in [-0.4, -0.2) is 15.1 Å². The molecule has 0 saturated carbocycles. The zero-order valence-electron chi connectivity index (χ0n) is 6.21. The summed E-state index contributed by atoms with van der Waals surface area (Å²) < 4.78 is 0.921. The zero-order valence-corrected chi connectivity index (χ0v) is 7.80. The van der Waals surface area contributed by atoms with E-state index in [-0.39, 0.29) is 6.61 Å². The summed E-state index contributed by atoms with van der Waals surface area (Å²) in [6.07, 6.45) is 3.49. The SMILES string of the molecule is OCc1c[nH]c2ncc(Br)cc12. The van der Waals surface area contributed by atoms with Crippen molar-refractivity contribution >= 4 is 27.0 Å². The van der Waals surface area contributed by atoms with Crippen molar-refractivity contribution in [3.8, 4) is 0 Å². The number of aliphatic hydroxyl groups is 1. The molecule has 2 rings (SSSR count). The molecule has 2 heterocycles. The Morgan fingerprint density at radius 2 is 2.42 bits per heavy atom. The lowest BCUT2D eigenvalue weighted by Crippen LogP contribution is -1.80. The smallest absolute Gasteiger partial charge is 0.137 e. The number of pyridine rings is 1. The Bertz CT molecular complexity index is 410. The third-order valence-corrected chi connectivity index (χ3v) is 2.19. The summed E-state index contributed by atoms with van der Waals surface area (Å²) in [5, 5.41) is 9.92. The van der Waals surface area contributed by atoms with Crippen LogP contribution in [0.25, 0.3) is 11.0 Å². The van der Waals surface area contributed by atoms with Gasteiger partial charge in [-0.2, -0.15) is 0 Å². The van der Waals surface area contributed by atoms with E-state index in [0.29, 0.717) is 0 Å². The summed E-state index contributed by atoms with van der Waals surface area (Å²) >= 11 is 3.32. The first-order chi connectivity index (χ1) is 5.81. The van der Waals surface area contributed by atoms with Gasteiger partial charge in [0.2, 0.25) is 0 Å². The van der Waals surface area contributed by atoms with Gasteiger partial charge in [0.25, 0.3) is 0 Å². The van der Waals surface area contributed by atoms with Crippen molar-refractivity contribution in [1.82, 2.24) is 9.97 Å². The summed E-state index contributed by atoms with van der Waals surface area (Å²) in [5.74, 6) is 0. The maximum Gasteiger partial charge on any atom is 0.137 e. The number of nitrogens with zero attached hydrogens (tertiary/aromatic N) is 1. The second-order valence-corrected chi connectivity index (χ2v) is 3.44. The summed E-state index contributed by atoms with van der Waals surface area (Å²) in [7, 11) is 0. The molecule has 0 aliphatic rings.